The molecule has 8 nitrogen and oxygen atoms in total. The number of benzene rings is 1. The maximum atomic E-state index is 11.3. The van der Waals surface area contributed by atoms with E-state index >= 15 is 0 Å². The molecule has 4 aromatic rings. The molecule has 0 unspecified atom stereocenters. The molecule has 0 aliphatic carbocycles. The van der Waals surface area contributed by atoms with Crippen LogP contribution in [0, 0.1) is 13.8 Å². The number of imidazole rings is 1. The highest BCUT2D eigenvalue weighted by Gasteiger charge is 2.22. The molecule has 3 heterocycles. The summed E-state index contributed by atoms with van der Waals surface area (Å²) >= 11 is 0. The Kier molecular flexibility index (Phi) is 4.68. The van der Waals surface area contributed by atoms with Gasteiger partial charge in [-0.25, -0.2) is 14.9 Å². The molecule has 2 N–H and O–H groups in total. The summed E-state index contributed by atoms with van der Waals surface area (Å²) in [6, 6.07) is 10.2. The van der Waals surface area contributed by atoms with Crippen LogP contribution in [0.25, 0.3) is 22.5 Å². The van der Waals surface area contributed by atoms with Crippen LogP contribution >= 0.6 is 0 Å². The van der Waals surface area contributed by atoms with E-state index in [-0.39, 0.29) is 5.69 Å². The number of aromatic amines is 2. The molecule has 0 saturated carbocycles. The highest BCUT2D eigenvalue weighted by Crippen LogP contribution is 2.35. The third-order valence-corrected chi connectivity index (χ3v) is 4.94. The second kappa shape index (κ2) is 7.30. The van der Waals surface area contributed by atoms with E-state index < -0.39 is 0 Å². The Bertz CT molecular complexity index is 1150. The van der Waals surface area contributed by atoms with E-state index in [1.807, 2.05) is 36.1 Å². The van der Waals surface area contributed by atoms with Crippen molar-refractivity contribution in [1.29, 1.82) is 0 Å². The zero-order valence-corrected chi connectivity index (χ0v) is 16.2. The van der Waals surface area contributed by atoms with Crippen LogP contribution in [0.5, 0.6) is 0 Å². The minimum atomic E-state index is -0.290. The van der Waals surface area contributed by atoms with Crippen LogP contribution < -0.4 is 5.69 Å². The van der Waals surface area contributed by atoms with E-state index in [1.54, 1.807) is 0 Å². The van der Waals surface area contributed by atoms with Crippen LogP contribution in [0.3, 0.4) is 0 Å². The third kappa shape index (κ3) is 3.17. The topological polar surface area (TPSA) is 97.2 Å². The van der Waals surface area contributed by atoms with Gasteiger partial charge in [-0.15, -0.1) is 0 Å². The molecule has 0 radical (unpaired) electrons. The number of aromatic nitrogens is 7. The second-order valence-corrected chi connectivity index (χ2v) is 6.74. The molecule has 1 aromatic carbocycles. The molecule has 0 saturated heterocycles. The van der Waals surface area contributed by atoms with Gasteiger partial charge >= 0.3 is 5.69 Å². The van der Waals surface area contributed by atoms with Crippen molar-refractivity contribution in [2.24, 2.45) is 0 Å². The van der Waals surface area contributed by atoms with Crippen molar-refractivity contribution in [3.05, 3.63) is 64.4 Å². The second-order valence-electron chi connectivity index (χ2n) is 6.74. The lowest BCUT2D eigenvalue weighted by Crippen LogP contribution is -2.06. The third-order valence-electron chi connectivity index (χ3n) is 4.94. The van der Waals surface area contributed by atoms with E-state index in [4.69, 9.17) is 10.1 Å². The quantitative estimate of drug-likeness (QED) is 0.540. The average Bonchev–Trinajstić information content (AvgIpc) is 3.38. The van der Waals surface area contributed by atoms with E-state index in [0.717, 1.165) is 40.4 Å². The Morgan fingerprint density at radius 3 is 2.57 bits per heavy atom. The first-order valence-corrected chi connectivity index (χ1v) is 9.37. The largest absolute Gasteiger partial charge is 0.340 e. The van der Waals surface area contributed by atoms with Gasteiger partial charge in [0.25, 0.3) is 0 Å². The summed E-state index contributed by atoms with van der Waals surface area (Å²) in [7, 11) is 0. The lowest BCUT2D eigenvalue weighted by Gasteiger charge is -2.11. The summed E-state index contributed by atoms with van der Waals surface area (Å²) < 4.78 is 4.13. The summed E-state index contributed by atoms with van der Waals surface area (Å²) in [5.74, 6) is 0.628. The minimum Gasteiger partial charge on any atom is -0.330 e. The molecular formula is C20H23N7O. The number of H-pyrrole nitrogens is 2. The first kappa shape index (κ1) is 18.0. The molecule has 8 heteroatoms. The van der Waals surface area contributed by atoms with Gasteiger partial charge in [-0.1, -0.05) is 30.3 Å². The zero-order valence-electron chi connectivity index (χ0n) is 16.2. The van der Waals surface area contributed by atoms with E-state index in [9.17, 15) is 4.79 Å². The Morgan fingerprint density at radius 1 is 1.14 bits per heavy atom. The predicted octanol–water partition coefficient (Wildman–Crippen LogP) is 2.70. The summed E-state index contributed by atoms with van der Waals surface area (Å²) in [5.41, 5.74) is 5.94. The number of nitrogens with zero attached hydrogens (tertiary/aromatic N) is 5. The highest BCUT2D eigenvalue weighted by molar-refractivity contribution is 5.81. The van der Waals surface area contributed by atoms with Crippen molar-refractivity contribution in [3.63, 3.8) is 0 Å². The monoisotopic (exact) mass is 377 g/mol. The van der Waals surface area contributed by atoms with Gasteiger partial charge in [0.2, 0.25) is 0 Å². The van der Waals surface area contributed by atoms with Crippen molar-refractivity contribution in [2.75, 3.05) is 0 Å². The lowest BCUT2D eigenvalue weighted by molar-refractivity contribution is 0.634. The normalized spacial score (nSPS) is 11.2. The van der Waals surface area contributed by atoms with Crippen molar-refractivity contribution in [1.82, 2.24) is 34.5 Å². The maximum absolute atomic E-state index is 11.3. The molecule has 4 rings (SSSR count). The van der Waals surface area contributed by atoms with Gasteiger partial charge in [0.15, 0.2) is 0 Å². The van der Waals surface area contributed by atoms with Gasteiger partial charge < -0.3 is 4.57 Å². The number of rotatable bonds is 6. The number of nitrogens with one attached hydrogen (secondary N) is 2. The Morgan fingerprint density at radius 2 is 1.93 bits per heavy atom. The van der Waals surface area contributed by atoms with Gasteiger partial charge in [-0.05, 0) is 20.8 Å². The summed E-state index contributed by atoms with van der Waals surface area (Å²) in [4.78, 5) is 18.7. The summed E-state index contributed by atoms with van der Waals surface area (Å²) in [6.07, 6.45) is 2.45. The van der Waals surface area contributed by atoms with Crippen LogP contribution in [-0.4, -0.2) is 34.5 Å². The Labute approximate surface area is 162 Å². The standard InChI is InChI=1S/C20H23N7O/c1-4-27-14(3)17(13(2)25-27)19-18(15-8-6-5-7-9-15)21-12-26(19)11-10-16-22-20(28)24-23-16/h5-9,12H,4,10-11H2,1-3H3,(H2,22,23,24,28). The Hall–Kier alpha value is -3.42. The van der Waals surface area contributed by atoms with Gasteiger partial charge in [-0.3, -0.25) is 9.67 Å². The average molecular weight is 377 g/mol. The fourth-order valence-electron chi connectivity index (χ4n) is 3.62. The molecule has 0 amide bonds. The summed E-state index contributed by atoms with van der Waals surface area (Å²) in [5, 5.41) is 11.1. The zero-order chi connectivity index (χ0) is 19.7. The van der Waals surface area contributed by atoms with E-state index in [2.05, 4.69) is 45.7 Å². The summed E-state index contributed by atoms with van der Waals surface area (Å²) in [6.45, 7) is 7.68. The van der Waals surface area contributed by atoms with Crippen molar-refractivity contribution >= 4 is 0 Å². The lowest BCUT2D eigenvalue weighted by atomic mass is 10.0. The highest BCUT2D eigenvalue weighted by atomic mass is 16.1. The van der Waals surface area contributed by atoms with Crippen LogP contribution in [0.1, 0.15) is 24.1 Å². The van der Waals surface area contributed by atoms with Crippen LogP contribution in [0.2, 0.25) is 0 Å². The maximum Gasteiger partial charge on any atom is 0.340 e. The molecule has 0 fully saturated rings. The minimum absolute atomic E-state index is 0.290. The van der Waals surface area contributed by atoms with E-state index in [1.165, 1.54) is 0 Å². The Balaban J connectivity index is 1.82. The molecular weight excluding hydrogens is 354 g/mol. The van der Waals surface area contributed by atoms with Crippen LogP contribution in [-0.2, 0) is 19.5 Å². The van der Waals surface area contributed by atoms with Crippen LogP contribution in [0.4, 0.5) is 0 Å². The van der Waals surface area contributed by atoms with E-state index in [0.29, 0.717) is 18.8 Å². The molecule has 28 heavy (non-hydrogen) atoms. The molecule has 3 aromatic heterocycles. The SMILES string of the molecule is CCn1nc(C)c(-c2c(-c3ccccc3)ncn2CCc2n[nH]c(=O)[nH]2)c1C. The fourth-order valence-corrected chi connectivity index (χ4v) is 3.62. The number of hydrogen-bond acceptors (Lipinski definition) is 4. The molecule has 0 atom stereocenters. The predicted molar refractivity (Wildman–Crippen MR) is 107 cm³/mol. The fraction of sp³-hybridized carbons (Fsp3) is 0.300. The van der Waals surface area contributed by atoms with Gasteiger partial charge in [0.1, 0.15) is 5.82 Å². The smallest absolute Gasteiger partial charge is 0.330 e. The molecule has 0 aliphatic heterocycles. The van der Waals surface area contributed by atoms with Gasteiger partial charge in [-0.2, -0.15) is 10.2 Å². The molecule has 0 bridgehead atoms. The van der Waals surface area contributed by atoms with Crippen molar-refractivity contribution in [3.8, 4) is 22.5 Å². The molecule has 0 spiro atoms. The molecule has 0 aliphatic rings. The first-order chi connectivity index (χ1) is 13.6. The van der Waals surface area contributed by atoms with Gasteiger partial charge in [0, 0.05) is 36.3 Å². The number of aryl methyl sites for hydroxylation is 4. The van der Waals surface area contributed by atoms with Crippen molar-refractivity contribution < 1.29 is 0 Å². The molecule has 144 valence electrons. The van der Waals surface area contributed by atoms with Crippen LogP contribution in [0.15, 0.2) is 41.5 Å². The number of hydrogen-bond donors (Lipinski definition) is 2. The van der Waals surface area contributed by atoms with Gasteiger partial charge in [0.05, 0.1) is 23.4 Å². The first-order valence-electron chi connectivity index (χ1n) is 9.37. The van der Waals surface area contributed by atoms with Crippen molar-refractivity contribution in [2.45, 2.75) is 40.3 Å².